The number of oxime groups is 1. The van der Waals surface area contributed by atoms with E-state index in [-0.39, 0.29) is 17.1 Å². The third kappa shape index (κ3) is 3.94. The molecule has 0 fully saturated rings. The number of aromatic nitrogens is 2. The average Bonchev–Trinajstić information content (AvgIpc) is 2.94. The Morgan fingerprint density at radius 3 is 2.73 bits per heavy atom. The van der Waals surface area contributed by atoms with E-state index in [9.17, 15) is 21.6 Å². The number of nitrogens with one attached hydrogen (secondary N) is 1. The summed E-state index contributed by atoms with van der Waals surface area (Å²) in [5, 5.41) is 3.40. The van der Waals surface area contributed by atoms with Gasteiger partial charge in [0.2, 0.25) is 0 Å². The SMILES string of the molecule is CC1=CC(=NOS(=O)(=O)O)C(c2nc3ccc(C(F)(F)F)cc3[nH]2)C=C1. The molecule has 1 aromatic heterocycles. The lowest BCUT2D eigenvalue weighted by Gasteiger charge is -2.14. The summed E-state index contributed by atoms with van der Waals surface area (Å²) < 4.78 is 72.7. The number of allylic oxidation sites excluding steroid dienone is 4. The Hall–Kier alpha value is -2.66. The summed E-state index contributed by atoms with van der Waals surface area (Å²) in [6.45, 7) is 1.73. The second-order valence-electron chi connectivity index (χ2n) is 5.60. The number of hydrogen-bond acceptors (Lipinski definition) is 5. The van der Waals surface area contributed by atoms with E-state index in [1.54, 1.807) is 19.1 Å². The van der Waals surface area contributed by atoms with Gasteiger partial charge < -0.3 is 4.98 Å². The minimum atomic E-state index is -4.79. The van der Waals surface area contributed by atoms with Crippen molar-refractivity contribution < 1.29 is 30.4 Å². The van der Waals surface area contributed by atoms with Crippen molar-refractivity contribution in [1.82, 2.24) is 9.97 Å². The zero-order valence-corrected chi connectivity index (χ0v) is 14.0. The molecule has 1 aliphatic rings. The van der Waals surface area contributed by atoms with Crippen molar-refractivity contribution in [2.45, 2.75) is 19.0 Å². The Kier molecular flexibility index (Phi) is 4.36. The Morgan fingerprint density at radius 1 is 1.35 bits per heavy atom. The van der Waals surface area contributed by atoms with Crippen molar-refractivity contribution in [2.24, 2.45) is 5.16 Å². The molecular formula is C15H12F3N3O4S. The third-order valence-electron chi connectivity index (χ3n) is 3.60. The molecule has 0 spiro atoms. The largest absolute Gasteiger partial charge is 0.466 e. The van der Waals surface area contributed by atoms with Crippen molar-refractivity contribution >= 4 is 27.1 Å². The first kappa shape index (κ1) is 18.1. The molecule has 1 aromatic carbocycles. The van der Waals surface area contributed by atoms with Gasteiger partial charge >= 0.3 is 16.6 Å². The summed E-state index contributed by atoms with van der Waals surface area (Å²) in [5.74, 6) is -0.445. The van der Waals surface area contributed by atoms with Crippen LogP contribution in [-0.4, -0.2) is 28.7 Å². The molecule has 1 heterocycles. The minimum absolute atomic E-state index is 0.109. The summed E-state index contributed by atoms with van der Waals surface area (Å²) in [6.07, 6.45) is 0.361. The summed E-state index contributed by atoms with van der Waals surface area (Å²) in [5.41, 5.74) is 0.498. The number of nitrogens with zero attached hydrogens (tertiary/aromatic N) is 2. The Bertz CT molecular complexity index is 1050. The van der Waals surface area contributed by atoms with E-state index >= 15 is 0 Å². The van der Waals surface area contributed by atoms with Crippen molar-refractivity contribution in [3.8, 4) is 0 Å². The molecule has 3 rings (SSSR count). The average molecular weight is 387 g/mol. The highest BCUT2D eigenvalue weighted by Gasteiger charge is 2.31. The number of alkyl halides is 3. The molecule has 26 heavy (non-hydrogen) atoms. The Labute approximate surface area is 145 Å². The van der Waals surface area contributed by atoms with Crippen LogP contribution >= 0.6 is 0 Å². The minimum Gasteiger partial charge on any atom is -0.341 e. The van der Waals surface area contributed by atoms with Crippen LogP contribution in [0.25, 0.3) is 11.0 Å². The van der Waals surface area contributed by atoms with Crippen LogP contribution in [0.2, 0.25) is 0 Å². The van der Waals surface area contributed by atoms with Gasteiger partial charge in [-0.05, 0) is 36.8 Å². The van der Waals surface area contributed by atoms with Crippen LogP contribution in [0.3, 0.4) is 0 Å². The second kappa shape index (κ2) is 6.25. The van der Waals surface area contributed by atoms with E-state index in [1.165, 1.54) is 12.1 Å². The van der Waals surface area contributed by atoms with Gasteiger partial charge in [-0.3, -0.25) is 4.55 Å². The molecule has 0 saturated heterocycles. The highest BCUT2D eigenvalue weighted by molar-refractivity contribution is 7.80. The number of benzene rings is 1. The zero-order chi connectivity index (χ0) is 19.1. The molecule has 0 aliphatic heterocycles. The molecule has 0 bridgehead atoms. The summed E-state index contributed by atoms with van der Waals surface area (Å²) in [7, 11) is -4.79. The smallest absolute Gasteiger partial charge is 0.341 e. The standard InChI is InChI=1S/C15H12F3N3O4S/c1-8-2-4-10(12(6-8)21-25-26(22,23)24)14-19-11-5-3-9(15(16,17)18)7-13(11)20-14/h2-7,10H,1H3,(H,19,20)(H,22,23,24). The van der Waals surface area contributed by atoms with Gasteiger partial charge in [0.25, 0.3) is 0 Å². The molecule has 0 radical (unpaired) electrons. The van der Waals surface area contributed by atoms with Gasteiger partial charge in [-0.1, -0.05) is 17.3 Å². The first-order chi connectivity index (χ1) is 12.0. The maximum absolute atomic E-state index is 12.8. The van der Waals surface area contributed by atoms with Gasteiger partial charge in [0.15, 0.2) is 0 Å². The van der Waals surface area contributed by atoms with Gasteiger partial charge in [0.1, 0.15) is 5.82 Å². The molecule has 7 nitrogen and oxygen atoms in total. The van der Waals surface area contributed by atoms with Crippen LogP contribution in [0.1, 0.15) is 24.2 Å². The Balaban J connectivity index is 2.02. The molecule has 0 saturated carbocycles. The predicted octanol–water partition coefficient (Wildman–Crippen LogP) is 3.36. The maximum Gasteiger partial charge on any atom is 0.466 e. The predicted molar refractivity (Wildman–Crippen MR) is 86.8 cm³/mol. The van der Waals surface area contributed by atoms with Crippen LogP contribution in [-0.2, 0) is 20.9 Å². The number of H-pyrrole nitrogens is 1. The van der Waals surface area contributed by atoms with Gasteiger partial charge in [0, 0.05) is 0 Å². The lowest BCUT2D eigenvalue weighted by Crippen LogP contribution is -2.14. The molecule has 1 atom stereocenters. The van der Waals surface area contributed by atoms with Gasteiger partial charge in [-0.25, -0.2) is 9.27 Å². The highest BCUT2D eigenvalue weighted by atomic mass is 32.3. The topological polar surface area (TPSA) is 105 Å². The normalized spacial score (nSPS) is 19.8. The fourth-order valence-corrected chi connectivity index (χ4v) is 2.66. The van der Waals surface area contributed by atoms with E-state index in [1.807, 2.05) is 0 Å². The molecule has 2 N–H and O–H groups in total. The van der Waals surface area contributed by atoms with E-state index in [0.29, 0.717) is 5.52 Å². The number of halogens is 3. The maximum atomic E-state index is 12.8. The fourth-order valence-electron chi connectivity index (χ4n) is 2.48. The molecule has 11 heteroatoms. The van der Waals surface area contributed by atoms with Crippen molar-refractivity contribution in [2.75, 3.05) is 0 Å². The number of imidazole rings is 1. The molecule has 0 amide bonds. The Morgan fingerprint density at radius 2 is 2.08 bits per heavy atom. The first-order valence-corrected chi connectivity index (χ1v) is 8.57. The van der Waals surface area contributed by atoms with E-state index in [4.69, 9.17) is 4.55 Å². The lowest BCUT2D eigenvalue weighted by atomic mass is 9.94. The van der Waals surface area contributed by atoms with Crippen molar-refractivity contribution in [3.05, 3.63) is 53.4 Å². The second-order valence-corrected chi connectivity index (χ2v) is 6.60. The van der Waals surface area contributed by atoms with Gasteiger partial charge in [0.05, 0.1) is 28.2 Å². The molecule has 1 unspecified atom stereocenters. The molecule has 1 aliphatic carbocycles. The third-order valence-corrected chi connectivity index (χ3v) is 3.87. The summed E-state index contributed by atoms with van der Waals surface area (Å²) in [6, 6.07) is 3.09. The molecule has 2 aromatic rings. The highest BCUT2D eigenvalue weighted by Crippen LogP contribution is 2.32. The van der Waals surface area contributed by atoms with Gasteiger partial charge in [-0.15, -0.1) is 0 Å². The van der Waals surface area contributed by atoms with Crippen LogP contribution < -0.4 is 0 Å². The van der Waals surface area contributed by atoms with Crippen LogP contribution in [0.5, 0.6) is 0 Å². The quantitative estimate of drug-likeness (QED) is 0.621. The van der Waals surface area contributed by atoms with E-state index < -0.39 is 28.1 Å². The van der Waals surface area contributed by atoms with Crippen LogP contribution in [0, 0.1) is 0 Å². The number of rotatable bonds is 3. The molecular weight excluding hydrogens is 375 g/mol. The van der Waals surface area contributed by atoms with Crippen molar-refractivity contribution in [3.63, 3.8) is 0 Å². The fraction of sp³-hybridized carbons (Fsp3) is 0.200. The summed E-state index contributed by atoms with van der Waals surface area (Å²) >= 11 is 0. The first-order valence-electron chi connectivity index (χ1n) is 7.20. The number of hydrogen-bond donors (Lipinski definition) is 2. The zero-order valence-electron chi connectivity index (χ0n) is 13.1. The van der Waals surface area contributed by atoms with Crippen LogP contribution in [0.4, 0.5) is 13.2 Å². The van der Waals surface area contributed by atoms with Crippen molar-refractivity contribution in [1.29, 1.82) is 0 Å². The number of aromatic amines is 1. The lowest BCUT2D eigenvalue weighted by molar-refractivity contribution is -0.137. The monoisotopic (exact) mass is 387 g/mol. The number of fused-ring (bicyclic) bond motifs is 1. The molecule has 138 valence electrons. The summed E-state index contributed by atoms with van der Waals surface area (Å²) in [4.78, 5) is 7.01. The van der Waals surface area contributed by atoms with Gasteiger partial charge in [-0.2, -0.15) is 21.6 Å². The van der Waals surface area contributed by atoms with Crippen LogP contribution in [0.15, 0.2) is 47.2 Å². The van der Waals surface area contributed by atoms with E-state index in [0.717, 1.165) is 17.7 Å². The van der Waals surface area contributed by atoms with E-state index in [2.05, 4.69) is 19.4 Å².